The number of rotatable bonds is 8. The van der Waals surface area contributed by atoms with Crippen molar-refractivity contribution in [1.29, 1.82) is 0 Å². The third-order valence-electron chi connectivity index (χ3n) is 4.05. The van der Waals surface area contributed by atoms with E-state index >= 15 is 0 Å². The van der Waals surface area contributed by atoms with E-state index in [9.17, 15) is 20.2 Å². The molecule has 0 heterocycles. The van der Waals surface area contributed by atoms with E-state index in [4.69, 9.17) is 4.74 Å². The summed E-state index contributed by atoms with van der Waals surface area (Å²) in [7, 11) is 0. The molecule has 0 unspecified atom stereocenters. The lowest BCUT2D eigenvalue weighted by Gasteiger charge is -2.09. The minimum absolute atomic E-state index is 0.0497. The van der Waals surface area contributed by atoms with E-state index in [0.717, 1.165) is 16.8 Å². The summed E-state index contributed by atoms with van der Waals surface area (Å²) in [6, 6.07) is 20.0. The Morgan fingerprint density at radius 3 is 1.75 bits per heavy atom. The Balaban J connectivity index is 1.50. The third kappa shape index (κ3) is 5.04. The SMILES string of the molecule is O=[N+]([O-])c1ccc(COc2ccc(CNc3ccc([N+](=O)[O-])cc3)cc2)cc1. The number of hydrogen-bond acceptors (Lipinski definition) is 6. The first kappa shape index (κ1) is 18.8. The van der Waals surface area contributed by atoms with Crippen LogP contribution in [0.15, 0.2) is 72.8 Å². The molecule has 0 bridgehead atoms. The van der Waals surface area contributed by atoms with Gasteiger partial charge in [-0.15, -0.1) is 0 Å². The number of anilines is 1. The van der Waals surface area contributed by atoms with Crippen LogP contribution in [0.1, 0.15) is 11.1 Å². The highest BCUT2D eigenvalue weighted by Gasteiger charge is 2.05. The molecule has 3 aromatic rings. The lowest BCUT2D eigenvalue weighted by molar-refractivity contribution is -0.385. The Labute approximate surface area is 160 Å². The number of nitro benzene ring substituents is 2. The van der Waals surface area contributed by atoms with Crippen LogP contribution in [-0.2, 0) is 13.2 Å². The van der Waals surface area contributed by atoms with Crippen LogP contribution in [-0.4, -0.2) is 9.85 Å². The Morgan fingerprint density at radius 1 is 0.714 bits per heavy atom. The van der Waals surface area contributed by atoms with Gasteiger partial charge in [-0.2, -0.15) is 0 Å². The summed E-state index contributed by atoms with van der Waals surface area (Å²) in [5.41, 5.74) is 2.77. The normalized spacial score (nSPS) is 10.3. The highest BCUT2D eigenvalue weighted by Crippen LogP contribution is 2.19. The lowest BCUT2D eigenvalue weighted by Crippen LogP contribution is -2.00. The molecular formula is C20H17N3O5. The zero-order chi connectivity index (χ0) is 19.9. The van der Waals surface area contributed by atoms with E-state index in [-0.39, 0.29) is 11.4 Å². The second kappa shape index (κ2) is 8.63. The highest BCUT2D eigenvalue weighted by atomic mass is 16.6. The number of hydrogen-bond donors (Lipinski definition) is 1. The zero-order valence-corrected chi connectivity index (χ0v) is 14.8. The van der Waals surface area contributed by atoms with Crippen LogP contribution in [0.5, 0.6) is 5.75 Å². The van der Waals surface area contributed by atoms with Crippen LogP contribution < -0.4 is 10.1 Å². The second-order valence-electron chi connectivity index (χ2n) is 6.01. The van der Waals surface area contributed by atoms with Crippen molar-refractivity contribution in [3.05, 3.63) is 104 Å². The summed E-state index contributed by atoms with van der Waals surface area (Å²) in [6.07, 6.45) is 0. The fourth-order valence-corrected chi connectivity index (χ4v) is 2.49. The minimum Gasteiger partial charge on any atom is -0.489 e. The number of nitro groups is 2. The van der Waals surface area contributed by atoms with Gasteiger partial charge in [0.05, 0.1) is 9.85 Å². The Kier molecular flexibility index (Phi) is 5.81. The van der Waals surface area contributed by atoms with Gasteiger partial charge in [-0.25, -0.2) is 0 Å². The average Bonchev–Trinajstić information content (AvgIpc) is 2.72. The first-order valence-electron chi connectivity index (χ1n) is 8.45. The molecule has 0 aliphatic heterocycles. The molecule has 0 fully saturated rings. The van der Waals surface area contributed by atoms with E-state index in [1.165, 1.54) is 24.3 Å². The van der Waals surface area contributed by atoms with Gasteiger partial charge in [-0.3, -0.25) is 20.2 Å². The van der Waals surface area contributed by atoms with Gasteiger partial charge < -0.3 is 10.1 Å². The molecule has 3 rings (SSSR count). The molecule has 0 atom stereocenters. The predicted molar refractivity (Wildman–Crippen MR) is 104 cm³/mol. The predicted octanol–water partition coefficient (Wildman–Crippen LogP) is 4.69. The number of benzene rings is 3. The smallest absolute Gasteiger partial charge is 0.269 e. The molecule has 0 aromatic heterocycles. The van der Waals surface area contributed by atoms with Gasteiger partial charge in [-0.05, 0) is 47.5 Å². The Morgan fingerprint density at radius 2 is 1.21 bits per heavy atom. The molecule has 8 heteroatoms. The number of non-ortho nitro benzene ring substituents is 2. The van der Waals surface area contributed by atoms with Gasteiger partial charge in [0.15, 0.2) is 0 Å². The molecule has 0 amide bonds. The molecule has 1 N–H and O–H groups in total. The quantitative estimate of drug-likeness (QED) is 0.449. The van der Waals surface area contributed by atoms with Crippen molar-refractivity contribution in [3.63, 3.8) is 0 Å². The van der Waals surface area contributed by atoms with E-state index in [0.29, 0.717) is 18.9 Å². The molecular weight excluding hydrogens is 362 g/mol. The standard InChI is InChI=1S/C20H17N3O5/c24-22(25)18-7-1-16(2-8-18)14-28-20-11-3-15(4-12-20)13-21-17-5-9-19(10-6-17)23(26)27/h1-12,21H,13-14H2. The van der Waals surface area contributed by atoms with Gasteiger partial charge in [-0.1, -0.05) is 12.1 Å². The van der Waals surface area contributed by atoms with Crippen LogP contribution in [0.25, 0.3) is 0 Å². The maximum Gasteiger partial charge on any atom is 0.269 e. The monoisotopic (exact) mass is 379 g/mol. The van der Waals surface area contributed by atoms with E-state index in [1.807, 2.05) is 24.3 Å². The largest absolute Gasteiger partial charge is 0.489 e. The molecule has 8 nitrogen and oxygen atoms in total. The van der Waals surface area contributed by atoms with Crippen molar-refractivity contribution in [2.75, 3.05) is 5.32 Å². The Hall–Kier alpha value is -3.94. The van der Waals surface area contributed by atoms with Crippen LogP contribution in [0.4, 0.5) is 17.1 Å². The summed E-state index contributed by atoms with van der Waals surface area (Å²) in [4.78, 5) is 20.4. The van der Waals surface area contributed by atoms with E-state index in [1.54, 1.807) is 24.3 Å². The molecule has 0 aliphatic carbocycles. The van der Waals surface area contributed by atoms with Crippen molar-refractivity contribution in [2.45, 2.75) is 13.2 Å². The molecule has 3 aromatic carbocycles. The topological polar surface area (TPSA) is 108 Å². The van der Waals surface area contributed by atoms with E-state index in [2.05, 4.69) is 5.32 Å². The van der Waals surface area contributed by atoms with Crippen molar-refractivity contribution in [1.82, 2.24) is 0 Å². The zero-order valence-electron chi connectivity index (χ0n) is 14.8. The maximum absolute atomic E-state index is 10.7. The van der Waals surface area contributed by atoms with Crippen LogP contribution in [0.2, 0.25) is 0 Å². The first-order valence-corrected chi connectivity index (χ1v) is 8.45. The molecule has 0 radical (unpaired) electrons. The van der Waals surface area contributed by atoms with E-state index < -0.39 is 9.85 Å². The van der Waals surface area contributed by atoms with Gasteiger partial charge in [0.1, 0.15) is 12.4 Å². The molecule has 0 spiro atoms. The van der Waals surface area contributed by atoms with Gasteiger partial charge >= 0.3 is 0 Å². The highest BCUT2D eigenvalue weighted by molar-refractivity contribution is 5.49. The fraction of sp³-hybridized carbons (Fsp3) is 0.100. The number of ether oxygens (including phenoxy) is 1. The molecule has 0 saturated heterocycles. The lowest BCUT2D eigenvalue weighted by atomic mass is 10.2. The number of nitrogens with one attached hydrogen (secondary N) is 1. The van der Waals surface area contributed by atoms with Gasteiger partial charge in [0, 0.05) is 36.5 Å². The number of nitrogens with zero attached hydrogens (tertiary/aromatic N) is 2. The average molecular weight is 379 g/mol. The molecule has 0 saturated carbocycles. The molecule has 142 valence electrons. The summed E-state index contributed by atoms with van der Waals surface area (Å²) in [5, 5.41) is 24.5. The summed E-state index contributed by atoms with van der Waals surface area (Å²) in [5.74, 6) is 0.692. The minimum atomic E-state index is -0.436. The van der Waals surface area contributed by atoms with Crippen LogP contribution >= 0.6 is 0 Å². The van der Waals surface area contributed by atoms with Crippen molar-refractivity contribution in [2.24, 2.45) is 0 Å². The van der Waals surface area contributed by atoms with Crippen molar-refractivity contribution >= 4 is 17.1 Å². The first-order chi connectivity index (χ1) is 13.5. The van der Waals surface area contributed by atoms with Crippen LogP contribution in [0.3, 0.4) is 0 Å². The molecule has 28 heavy (non-hydrogen) atoms. The summed E-state index contributed by atoms with van der Waals surface area (Å²) < 4.78 is 5.69. The maximum atomic E-state index is 10.7. The molecule has 0 aliphatic rings. The van der Waals surface area contributed by atoms with Gasteiger partial charge in [0.2, 0.25) is 0 Å². The fourth-order valence-electron chi connectivity index (χ4n) is 2.49. The summed E-state index contributed by atoms with van der Waals surface area (Å²) in [6.45, 7) is 0.888. The summed E-state index contributed by atoms with van der Waals surface area (Å²) >= 11 is 0. The van der Waals surface area contributed by atoms with Gasteiger partial charge in [0.25, 0.3) is 11.4 Å². The van der Waals surface area contributed by atoms with Crippen LogP contribution in [0, 0.1) is 20.2 Å². The van der Waals surface area contributed by atoms with Crippen molar-refractivity contribution in [3.8, 4) is 5.75 Å². The van der Waals surface area contributed by atoms with Crippen molar-refractivity contribution < 1.29 is 14.6 Å². The second-order valence-corrected chi connectivity index (χ2v) is 6.01. The Bertz CT molecular complexity index is 874. The third-order valence-corrected chi connectivity index (χ3v) is 4.05.